The van der Waals surface area contributed by atoms with Gasteiger partial charge in [-0.15, -0.1) is 0 Å². The van der Waals surface area contributed by atoms with Crippen LogP contribution < -0.4 is 11.5 Å². The van der Waals surface area contributed by atoms with Crippen molar-refractivity contribution in [1.29, 1.82) is 0 Å². The Labute approximate surface area is 112 Å². The fourth-order valence-electron chi connectivity index (χ4n) is 2.25. The smallest absolute Gasteiger partial charge is 0.224 e. The summed E-state index contributed by atoms with van der Waals surface area (Å²) in [5, 5.41) is 28.8. The lowest BCUT2D eigenvalue weighted by atomic mass is 10.1. The molecule has 0 aromatic carbocycles. The van der Waals surface area contributed by atoms with Crippen molar-refractivity contribution in [2.45, 2.75) is 24.5 Å². The molecule has 1 unspecified atom stereocenters. The SMILES string of the molecule is Nc1nc(N)c2ncn(C3O[C@@H](CO)[C@@H](O)[C@@H]3O)c2n1. The molecule has 0 aliphatic carbocycles. The van der Waals surface area contributed by atoms with Gasteiger partial charge in [0.25, 0.3) is 0 Å². The number of nitrogen functional groups attached to an aromatic ring is 2. The van der Waals surface area contributed by atoms with E-state index in [1.165, 1.54) is 10.9 Å². The van der Waals surface area contributed by atoms with E-state index in [9.17, 15) is 10.2 Å². The number of nitrogens with zero attached hydrogens (tertiary/aromatic N) is 4. The van der Waals surface area contributed by atoms with Gasteiger partial charge in [-0.2, -0.15) is 9.97 Å². The van der Waals surface area contributed by atoms with Crippen molar-refractivity contribution in [3.8, 4) is 0 Å². The van der Waals surface area contributed by atoms with Gasteiger partial charge in [-0.3, -0.25) is 4.57 Å². The third-order valence-electron chi connectivity index (χ3n) is 3.26. The van der Waals surface area contributed by atoms with Crippen molar-refractivity contribution in [2.24, 2.45) is 0 Å². The van der Waals surface area contributed by atoms with Crippen molar-refractivity contribution >= 4 is 22.9 Å². The summed E-state index contributed by atoms with van der Waals surface area (Å²) in [6.07, 6.45) is -2.92. The molecule has 3 heterocycles. The van der Waals surface area contributed by atoms with Crippen molar-refractivity contribution in [3.63, 3.8) is 0 Å². The summed E-state index contributed by atoms with van der Waals surface area (Å²) in [6.45, 7) is -0.416. The second-order valence-corrected chi connectivity index (χ2v) is 4.52. The molecule has 10 heteroatoms. The summed E-state index contributed by atoms with van der Waals surface area (Å²) in [5.74, 6) is 0.0708. The van der Waals surface area contributed by atoms with Gasteiger partial charge < -0.3 is 31.5 Å². The molecule has 1 fully saturated rings. The number of ether oxygens (including phenoxy) is 1. The lowest BCUT2D eigenvalue weighted by molar-refractivity contribution is -0.0511. The number of nitrogens with two attached hydrogens (primary N) is 2. The van der Waals surface area contributed by atoms with E-state index in [0.717, 1.165) is 0 Å². The average molecular weight is 282 g/mol. The van der Waals surface area contributed by atoms with Crippen LogP contribution in [0.25, 0.3) is 11.2 Å². The number of aliphatic hydroxyl groups excluding tert-OH is 3. The summed E-state index contributed by atoms with van der Waals surface area (Å²) in [4.78, 5) is 11.8. The number of hydrogen-bond donors (Lipinski definition) is 5. The van der Waals surface area contributed by atoms with E-state index >= 15 is 0 Å². The Bertz CT molecular complexity index is 646. The van der Waals surface area contributed by atoms with Gasteiger partial charge in [-0.1, -0.05) is 0 Å². The first-order chi connectivity index (χ1) is 9.52. The van der Waals surface area contributed by atoms with E-state index in [-0.39, 0.29) is 17.4 Å². The Morgan fingerprint density at radius 1 is 1.25 bits per heavy atom. The van der Waals surface area contributed by atoms with Crippen LogP contribution in [0.1, 0.15) is 6.23 Å². The molecule has 0 amide bonds. The predicted octanol–water partition coefficient (Wildman–Crippen LogP) is -2.40. The maximum absolute atomic E-state index is 9.99. The van der Waals surface area contributed by atoms with Crippen molar-refractivity contribution in [1.82, 2.24) is 19.5 Å². The Morgan fingerprint density at radius 3 is 2.65 bits per heavy atom. The molecular formula is C10H14N6O4. The second-order valence-electron chi connectivity index (χ2n) is 4.52. The van der Waals surface area contributed by atoms with Crippen LogP contribution in [0.4, 0.5) is 11.8 Å². The molecule has 0 spiro atoms. The van der Waals surface area contributed by atoms with Crippen LogP contribution in [0.2, 0.25) is 0 Å². The molecule has 1 aliphatic rings. The number of imidazole rings is 1. The molecule has 4 atom stereocenters. The summed E-state index contributed by atoms with van der Waals surface area (Å²) < 4.78 is 6.79. The van der Waals surface area contributed by atoms with Crippen molar-refractivity contribution in [3.05, 3.63) is 6.33 Å². The Kier molecular flexibility index (Phi) is 2.94. The summed E-state index contributed by atoms with van der Waals surface area (Å²) in [5.41, 5.74) is 11.8. The molecule has 108 valence electrons. The first-order valence-electron chi connectivity index (χ1n) is 5.91. The third kappa shape index (κ3) is 1.78. The van der Waals surface area contributed by atoms with Gasteiger partial charge in [0.15, 0.2) is 17.7 Å². The molecule has 0 saturated carbocycles. The fourth-order valence-corrected chi connectivity index (χ4v) is 2.25. The van der Waals surface area contributed by atoms with E-state index in [1.54, 1.807) is 0 Å². The molecule has 1 aliphatic heterocycles. The molecule has 3 rings (SSSR count). The van der Waals surface area contributed by atoms with Crippen LogP contribution >= 0.6 is 0 Å². The Balaban J connectivity index is 2.07. The minimum absolute atomic E-state index is 0.0384. The summed E-state index contributed by atoms with van der Waals surface area (Å²) in [6, 6.07) is 0. The number of rotatable bonds is 2. The van der Waals surface area contributed by atoms with Crippen LogP contribution in [0.3, 0.4) is 0 Å². The predicted molar refractivity (Wildman–Crippen MR) is 67.2 cm³/mol. The zero-order valence-corrected chi connectivity index (χ0v) is 10.3. The standard InChI is InChI=1S/C10H14N6O4/c11-7-4-8(15-10(12)14-7)16(2-13-4)9-6(19)5(18)3(1-17)20-9/h2-3,5-6,9,17-19H,1H2,(H4,11,12,14,15)/t3-,5+,6-,9?/m0/s1. The average Bonchev–Trinajstić information content (AvgIpc) is 2.93. The lowest BCUT2D eigenvalue weighted by Gasteiger charge is -2.16. The van der Waals surface area contributed by atoms with Gasteiger partial charge in [0, 0.05) is 0 Å². The second kappa shape index (κ2) is 4.52. The van der Waals surface area contributed by atoms with Crippen LogP contribution in [-0.2, 0) is 4.74 Å². The minimum atomic E-state index is -1.23. The fraction of sp³-hybridized carbons (Fsp3) is 0.500. The normalized spacial score (nSPS) is 30.1. The molecule has 20 heavy (non-hydrogen) atoms. The molecule has 0 radical (unpaired) electrons. The Hall–Kier alpha value is -2.01. The molecule has 7 N–H and O–H groups in total. The maximum Gasteiger partial charge on any atom is 0.224 e. The third-order valence-corrected chi connectivity index (χ3v) is 3.26. The first kappa shape index (κ1) is 13.0. The summed E-state index contributed by atoms with van der Waals surface area (Å²) in [7, 11) is 0. The minimum Gasteiger partial charge on any atom is -0.394 e. The highest BCUT2D eigenvalue weighted by Gasteiger charge is 2.44. The zero-order chi connectivity index (χ0) is 14.4. The number of anilines is 2. The number of hydrogen-bond acceptors (Lipinski definition) is 9. The highest BCUT2D eigenvalue weighted by molar-refractivity contribution is 5.82. The zero-order valence-electron chi connectivity index (χ0n) is 10.3. The largest absolute Gasteiger partial charge is 0.394 e. The summed E-state index contributed by atoms with van der Waals surface area (Å²) >= 11 is 0. The van der Waals surface area contributed by atoms with Crippen LogP contribution in [0.15, 0.2) is 6.33 Å². The highest BCUT2D eigenvalue weighted by Crippen LogP contribution is 2.31. The number of fused-ring (bicyclic) bond motifs is 1. The van der Waals surface area contributed by atoms with Gasteiger partial charge in [-0.05, 0) is 0 Å². The molecule has 0 bridgehead atoms. The van der Waals surface area contributed by atoms with E-state index in [2.05, 4.69) is 15.0 Å². The van der Waals surface area contributed by atoms with Gasteiger partial charge in [-0.25, -0.2) is 4.98 Å². The van der Waals surface area contributed by atoms with Crippen LogP contribution in [-0.4, -0.2) is 59.8 Å². The van der Waals surface area contributed by atoms with E-state index in [1.807, 2.05) is 0 Å². The molecular weight excluding hydrogens is 268 g/mol. The van der Waals surface area contributed by atoms with Gasteiger partial charge >= 0.3 is 0 Å². The van der Waals surface area contributed by atoms with Gasteiger partial charge in [0.1, 0.15) is 23.8 Å². The Morgan fingerprint density at radius 2 is 2.00 bits per heavy atom. The van der Waals surface area contributed by atoms with E-state index < -0.39 is 31.1 Å². The highest BCUT2D eigenvalue weighted by atomic mass is 16.6. The quantitative estimate of drug-likeness (QED) is 0.403. The van der Waals surface area contributed by atoms with Crippen LogP contribution in [0, 0.1) is 0 Å². The topological polar surface area (TPSA) is 166 Å². The van der Waals surface area contributed by atoms with Gasteiger partial charge in [0.2, 0.25) is 5.95 Å². The van der Waals surface area contributed by atoms with E-state index in [4.69, 9.17) is 21.3 Å². The molecule has 10 nitrogen and oxygen atoms in total. The van der Waals surface area contributed by atoms with Crippen molar-refractivity contribution in [2.75, 3.05) is 18.1 Å². The lowest BCUT2D eigenvalue weighted by Crippen LogP contribution is -2.33. The number of aromatic nitrogens is 4. The monoisotopic (exact) mass is 282 g/mol. The maximum atomic E-state index is 9.99. The van der Waals surface area contributed by atoms with E-state index in [0.29, 0.717) is 5.52 Å². The van der Waals surface area contributed by atoms with Crippen LogP contribution in [0.5, 0.6) is 0 Å². The molecule has 2 aromatic rings. The number of aliphatic hydroxyl groups is 3. The van der Waals surface area contributed by atoms with Gasteiger partial charge in [0.05, 0.1) is 12.9 Å². The molecule has 2 aromatic heterocycles. The first-order valence-corrected chi connectivity index (χ1v) is 5.91. The molecule has 1 saturated heterocycles. The van der Waals surface area contributed by atoms with Crippen molar-refractivity contribution < 1.29 is 20.1 Å².